The molecule has 0 aromatic heterocycles. The molecule has 0 amide bonds. The second-order valence-electron chi connectivity index (χ2n) is 16.9. The topological polar surface area (TPSA) is 112 Å². The molecule has 0 aromatic rings. The molecule has 0 aliphatic rings. The van der Waals surface area contributed by atoms with E-state index in [1.54, 1.807) is 0 Å². The Hall–Kier alpha value is -1.37. The number of carbonyl (C=O) groups excluding carboxylic acids is 3. The summed E-state index contributed by atoms with van der Waals surface area (Å²) in [5.41, 5.74) is -2.80. The summed E-state index contributed by atoms with van der Waals surface area (Å²) in [6, 6.07) is 0. The molecule has 6 nitrogen and oxygen atoms in total. The van der Waals surface area contributed by atoms with Crippen LogP contribution < -0.4 is 0 Å². The van der Waals surface area contributed by atoms with Gasteiger partial charge in [0.2, 0.25) is 0 Å². The van der Waals surface area contributed by atoms with E-state index in [-0.39, 0.29) is 19.3 Å². The van der Waals surface area contributed by atoms with E-state index >= 15 is 0 Å². The zero-order chi connectivity index (χ0) is 40.7. The lowest BCUT2D eigenvalue weighted by Crippen LogP contribution is -2.63. The molecule has 0 spiro atoms. The maximum Gasteiger partial charge on any atom is 0.189 e. The van der Waals surface area contributed by atoms with Crippen LogP contribution in [0, 0.1) is 0 Å². The molecule has 55 heavy (non-hydrogen) atoms. The van der Waals surface area contributed by atoms with E-state index in [2.05, 4.69) is 32.9 Å². The van der Waals surface area contributed by atoms with Gasteiger partial charge in [0.25, 0.3) is 0 Å². The van der Waals surface area contributed by atoms with Crippen LogP contribution in [0.5, 0.6) is 0 Å². The third-order valence-electron chi connectivity index (χ3n) is 11.6. The molecule has 3 unspecified atom stereocenters. The van der Waals surface area contributed by atoms with E-state index in [1.165, 1.54) is 128 Å². The summed E-state index contributed by atoms with van der Waals surface area (Å²) in [6.45, 7) is 6.70. The van der Waals surface area contributed by atoms with Gasteiger partial charge < -0.3 is 15.3 Å². The van der Waals surface area contributed by atoms with Crippen molar-refractivity contribution in [2.75, 3.05) is 0 Å². The first-order valence-electron chi connectivity index (χ1n) is 24.1. The molecule has 0 fully saturated rings. The van der Waals surface area contributed by atoms with Gasteiger partial charge in [0.1, 0.15) is 0 Å². The number of allylic oxidation sites excluding steroid dienone is 2. The Balaban J connectivity index is 4.81. The Kier molecular flexibility index (Phi) is 38.5. The van der Waals surface area contributed by atoms with Gasteiger partial charge in [-0.2, -0.15) is 0 Å². The minimum atomic E-state index is -2.80. The number of aliphatic hydroxyl groups excluding tert-OH is 2. The molecular weight excluding hydrogens is 685 g/mol. The molecule has 0 radical (unpaired) electrons. The first-order valence-corrected chi connectivity index (χ1v) is 24.1. The van der Waals surface area contributed by atoms with Crippen LogP contribution in [0.25, 0.3) is 0 Å². The summed E-state index contributed by atoms with van der Waals surface area (Å²) in [7, 11) is 0. The lowest BCUT2D eigenvalue weighted by molar-refractivity contribution is -0.181. The molecule has 324 valence electrons. The van der Waals surface area contributed by atoms with Crippen molar-refractivity contribution in [2.45, 2.75) is 283 Å². The number of unbranched alkanes of at least 4 members (excludes halogenated alkanes) is 31. The van der Waals surface area contributed by atoms with Crippen molar-refractivity contribution in [2.24, 2.45) is 0 Å². The number of carbonyl (C=O) groups is 3. The number of aliphatic hydroxyl groups is 3. The maximum atomic E-state index is 13.5. The predicted octanol–water partition coefficient (Wildman–Crippen LogP) is 13.6. The SMILES string of the molecule is CCCCCCCC/C=C\CCCCCCCC(=O)C(O)C(O)(C(=O)CCCCCCCCCCCCC)C(O)C(=O)CCCCCCCCCCCCC. The number of ketones is 3. The molecule has 3 N–H and O–H groups in total. The van der Waals surface area contributed by atoms with E-state index in [1.807, 2.05) is 0 Å². The van der Waals surface area contributed by atoms with Crippen molar-refractivity contribution in [3.05, 3.63) is 12.2 Å². The summed E-state index contributed by atoms with van der Waals surface area (Å²) >= 11 is 0. The van der Waals surface area contributed by atoms with Gasteiger partial charge in [-0.05, 0) is 44.9 Å². The summed E-state index contributed by atoms with van der Waals surface area (Å²) in [6.07, 6.45) is 39.4. The van der Waals surface area contributed by atoms with Crippen LogP contribution in [0.2, 0.25) is 0 Å². The molecular formula is C49H92O6. The summed E-state index contributed by atoms with van der Waals surface area (Å²) in [5.74, 6) is -2.14. The first-order chi connectivity index (χ1) is 26.8. The highest BCUT2D eigenvalue weighted by Gasteiger charge is 2.53. The first kappa shape index (κ1) is 53.6. The third-order valence-corrected chi connectivity index (χ3v) is 11.6. The van der Waals surface area contributed by atoms with Crippen molar-refractivity contribution >= 4 is 17.3 Å². The average molecular weight is 777 g/mol. The zero-order valence-corrected chi connectivity index (χ0v) is 36.7. The van der Waals surface area contributed by atoms with Crippen LogP contribution in [-0.4, -0.2) is 50.5 Å². The van der Waals surface area contributed by atoms with Crippen LogP contribution in [0.15, 0.2) is 12.2 Å². The minimum absolute atomic E-state index is 0.00682. The highest BCUT2D eigenvalue weighted by Crippen LogP contribution is 2.26. The number of hydrogen-bond donors (Lipinski definition) is 3. The van der Waals surface area contributed by atoms with Crippen LogP contribution in [0.1, 0.15) is 265 Å². The monoisotopic (exact) mass is 777 g/mol. The van der Waals surface area contributed by atoms with Crippen LogP contribution in [-0.2, 0) is 14.4 Å². The molecule has 0 aliphatic carbocycles. The Morgan fingerprint density at radius 3 is 0.909 bits per heavy atom. The molecule has 0 saturated carbocycles. The Bertz CT molecular complexity index is 915. The van der Waals surface area contributed by atoms with E-state index < -0.39 is 35.2 Å². The molecule has 0 aromatic carbocycles. The molecule has 0 bridgehead atoms. The number of Topliss-reactive ketones (excluding diaryl/α,β-unsaturated/α-hetero) is 3. The largest absolute Gasteiger partial charge is 0.382 e. The maximum absolute atomic E-state index is 13.5. The van der Waals surface area contributed by atoms with Gasteiger partial charge in [0, 0.05) is 19.3 Å². The lowest BCUT2D eigenvalue weighted by Gasteiger charge is -2.34. The smallest absolute Gasteiger partial charge is 0.189 e. The summed E-state index contributed by atoms with van der Waals surface area (Å²) < 4.78 is 0. The van der Waals surface area contributed by atoms with Crippen molar-refractivity contribution < 1.29 is 29.7 Å². The predicted molar refractivity (Wildman–Crippen MR) is 234 cm³/mol. The Morgan fingerprint density at radius 2 is 0.618 bits per heavy atom. The van der Waals surface area contributed by atoms with E-state index in [0.717, 1.165) is 77.0 Å². The standard InChI is InChI=1S/C49H92O6/c1-4-7-10-13-16-19-22-23-24-25-28-30-33-36-39-42-45(51)48(54)49(55,46(52)43-40-37-34-31-27-21-18-15-12-9-6-3)47(53)44(50)41-38-35-32-29-26-20-17-14-11-8-5-2/h23-24,47-48,53-55H,4-22,25-43H2,1-3H3/b24-23-. The van der Waals surface area contributed by atoms with Crippen molar-refractivity contribution in [3.63, 3.8) is 0 Å². The molecule has 0 aliphatic heterocycles. The minimum Gasteiger partial charge on any atom is -0.382 e. The second kappa shape index (κ2) is 39.5. The van der Waals surface area contributed by atoms with Gasteiger partial charge in [-0.15, -0.1) is 0 Å². The van der Waals surface area contributed by atoms with Crippen molar-refractivity contribution in [1.82, 2.24) is 0 Å². The third kappa shape index (κ3) is 29.5. The van der Waals surface area contributed by atoms with Crippen molar-refractivity contribution in [1.29, 1.82) is 0 Å². The van der Waals surface area contributed by atoms with Gasteiger partial charge in [0.05, 0.1) is 0 Å². The van der Waals surface area contributed by atoms with E-state index in [9.17, 15) is 29.7 Å². The van der Waals surface area contributed by atoms with E-state index in [0.29, 0.717) is 19.3 Å². The summed E-state index contributed by atoms with van der Waals surface area (Å²) in [5, 5.41) is 33.9. The quantitative estimate of drug-likeness (QED) is 0.0420. The van der Waals surface area contributed by atoms with Gasteiger partial charge in [-0.25, -0.2) is 0 Å². The fourth-order valence-corrected chi connectivity index (χ4v) is 7.70. The molecule has 0 rings (SSSR count). The zero-order valence-electron chi connectivity index (χ0n) is 36.7. The lowest BCUT2D eigenvalue weighted by atomic mass is 9.78. The molecule has 0 saturated heterocycles. The molecule has 3 atom stereocenters. The Labute approximate surface area is 340 Å². The van der Waals surface area contributed by atoms with Crippen molar-refractivity contribution in [3.8, 4) is 0 Å². The summed E-state index contributed by atoms with van der Waals surface area (Å²) in [4.78, 5) is 39.8. The second-order valence-corrected chi connectivity index (χ2v) is 16.9. The highest BCUT2D eigenvalue weighted by molar-refractivity contribution is 6.01. The number of rotatable bonds is 44. The normalized spacial score (nSPS) is 14.0. The van der Waals surface area contributed by atoms with Gasteiger partial charge in [-0.3, -0.25) is 14.4 Å². The Morgan fingerprint density at radius 1 is 0.382 bits per heavy atom. The van der Waals surface area contributed by atoms with Gasteiger partial charge >= 0.3 is 0 Å². The fourth-order valence-electron chi connectivity index (χ4n) is 7.70. The van der Waals surface area contributed by atoms with E-state index in [4.69, 9.17) is 0 Å². The van der Waals surface area contributed by atoms with Crippen LogP contribution >= 0.6 is 0 Å². The van der Waals surface area contributed by atoms with Crippen LogP contribution in [0.4, 0.5) is 0 Å². The fraction of sp³-hybridized carbons (Fsp3) is 0.898. The van der Waals surface area contributed by atoms with Crippen LogP contribution in [0.3, 0.4) is 0 Å². The van der Waals surface area contributed by atoms with Gasteiger partial charge in [0.15, 0.2) is 35.2 Å². The molecule has 6 heteroatoms. The molecule has 0 heterocycles. The average Bonchev–Trinajstić information content (AvgIpc) is 3.19. The number of hydrogen-bond acceptors (Lipinski definition) is 6. The van der Waals surface area contributed by atoms with Gasteiger partial charge in [-0.1, -0.05) is 213 Å². The highest BCUT2D eigenvalue weighted by atomic mass is 16.4.